The number of nitrogens with zero attached hydrogens (tertiary/aromatic N) is 2. The van der Waals surface area contributed by atoms with E-state index < -0.39 is 0 Å². The Hall–Kier alpha value is -2.78. The molecule has 1 aliphatic rings. The summed E-state index contributed by atoms with van der Waals surface area (Å²) in [5, 5.41) is 4.14. The van der Waals surface area contributed by atoms with Gasteiger partial charge in [-0.1, -0.05) is 24.3 Å². The number of carbonyl (C=O) groups excluding carboxylic acids is 1. The average Bonchev–Trinajstić information content (AvgIpc) is 3.00. The van der Waals surface area contributed by atoms with Crippen molar-refractivity contribution in [3.8, 4) is 11.5 Å². The van der Waals surface area contributed by atoms with Crippen LogP contribution in [0, 0.1) is 0 Å². The third kappa shape index (κ3) is 4.94. The lowest BCUT2D eigenvalue weighted by Gasteiger charge is -2.12. The van der Waals surface area contributed by atoms with Gasteiger partial charge in [-0.2, -0.15) is 0 Å². The Bertz CT molecular complexity index is 1250. The Balaban J connectivity index is 1.57. The minimum absolute atomic E-state index is 0.0397. The van der Waals surface area contributed by atoms with Gasteiger partial charge in [-0.15, -0.1) is 17.9 Å². The van der Waals surface area contributed by atoms with Crippen molar-refractivity contribution in [3.05, 3.63) is 51.6 Å². The van der Waals surface area contributed by atoms with E-state index in [1.807, 2.05) is 0 Å². The summed E-state index contributed by atoms with van der Waals surface area (Å²) in [5.41, 5.74) is 1.74. The van der Waals surface area contributed by atoms with Crippen LogP contribution in [-0.4, -0.2) is 35.4 Å². The zero-order chi connectivity index (χ0) is 23.4. The lowest BCUT2D eigenvalue weighted by molar-refractivity contribution is -0.113. The molecule has 0 atom stereocenters. The highest BCUT2D eigenvalue weighted by Gasteiger charge is 2.21. The molecular weight excluding hydrogens is 458 g/mol. The second kappa shape index (κ2) is 10.4. The number of amides is 1. The summed E-state index contributed by atoms with van der Waals surface area (Å²) in [5.74, 6) is 1.04. The van der Waals surface area contributed by atoms with Crippen molar-refractivity contribution in [2.24, 2.45) is 0 Å². The number of carbonyl (C=O) groups is 1. The van der Waals surface area contributed by atoms with Crippen molar-refractivity contribution >= 4 is 44.9 Å². The first kappa shape index (κ1) is 23.4. The number of ether oxygens (including phenoxy) is 2. The van der Waals surface area contributed by atoms with Crippen LogP contribution in [0.1, 0.15) is 29.7 Å². The Morgan fingerprint density at radius 2 is 2.03 bits per heavy atom. The molecule has 1 aliphatic carbocycles. The van der Waals surface area contributed by atoms with Crippen molar-refractivity contribution < 1.29 is 14.3 Å². The maximum absolute atomic E-state index is 13.4. The molecular formula is C24H27N3O4S2. The predicted octanol–water partition coefficient (Wildman–Crippen LogP) is 4.66. The van der Waals surface area contributed by atoms with E-state index in [4.69, 9.17) is 14.5 Å². The lowest BCUT2D eigenvalue weighted by atomic mass is 10.1. The molecule has 3 aromatic rings. The van der Waals surface area contributed by atoms with Gasteiger partial charge in [0.05, 0.1) is 25.4 Å². The molecule has 0 spiro atoms. The smallest absolute Gasteiger partial charge is 0.263 e. The van der Waals surface area contributed by atoms with Gasteiger partial charge in [0.25, 0.3) is 5.56 Å². The normalized spacial score (nSPS) is 13.3. The van der Waals surface area contributed by atoms with Gasteiger partial charge in [-0.3, -0.25) is 14.2 Å². The summed E-state index contributed by atoms with van der Waals surface area (Å²) in [6.07, 6.45) is 7.08. The number of benzene rings is 1. The number of thioether (sulfide) groups is 1. The van der Waals surface area contributed by atoms with Gasteiger partial charge < -0.3 is 14.8 Å². The summed E-state index contributed by atoms with van der Waals surface area (Å²) in [4.78, 5) is 32.9. The molecule has 2 heterocycles. The van der Waals surface area contributed by atoms with E-state index in [1.54, 1.807) is 54.4 Å². The van der Waals surface area contributed by atoms with E-state index in [2.05, 4.69) is 11.9 Å². The second-order valence-corrected chi connectivity index (χ2v) is 9.78. The summed E-state index contributed by atoms with van der Waals surface area (Å²) >= 11 is 2.88. The standard InChI is InChI=1S/C24H27N3O4S2/c1-4-12-27-23(29)21-16-8-6-5-7-9-19(16)33-22(21)26-24(27)32-14-20(28)25-15-10-11-17(30-2)18(13-15)31-3/h4,10-11,13H,1,5-9,12,14H2,2-3H3,(H,25,28). The van der Waals surface area contributed by atoms with Crippen LogP contribution in [0.15, 0.2) is 40.8 Å². The van der Waals surface area contributed by atoms with E-state index in [-0.39, 0.29) is 17.2 Å². The Morgan fingerprint density at radius 3 is 2.79 bits per heavy atom. The third-order valence-corrected chi connectivity index (χ3v) is 7.76. The zero-order valence-electron chi connectivity index (χ0n) is 18.8. The molecule has 174 valence electrons. The van der Waals surface area contributed by atoms with Crippen molar-refractivity contribution in [1.82, 2.24) is 9.55 Å². The van der Waals surface area contributed by atoms with Gasteiger partial charge in [0.1, 0.15) is 4.83 Å². The number of hydrogen-bond donors (Lipinski definition) is 1. The van der Waals surface area contributed by atoms with Gasteiger partial charge in [0.2, 0.25) is 5.91 Å². The van der Waals surface area contributed by atoms with Gasteiger partial charge in [0, 0.05) is 23.2 Å². The molecule has 7 nitrogen and oxygen atoms in total. The summed E-state index contributed by atoms with van der Waals surface area (Å²) in [6, 6.07) is 5.19. The summed E-state index contributed by atoms with van der Waals surface area (Å²) in [6.45, 7) is 4.15. The third-order valence-electron chi connectivity index (χ3n) is 5.60. The predicted molar refractivity (Wildman–Crippen MR) is 134 cm³/mol. The number of aryl methyl sites for hydroxylation is 2. The molecule has 33 heavy (non-hydrogen) atoms. The molecule has 1 amide bonds. The van der Waals surface area contributed by atoms with Crippen LogP contribution in [0.3, 0.4) is 0 Å². The number of anilines is 1. The van der Waals surface area contributed by atoms with Crippen molar-refractivity contribution in [3.63, 3.8) is 0 Å². The maximum Gasteiger partial charge on any atom is 0.263 e. The molecule has 0 radical (unpaired) electrons. The first-order valence-corrected chi connectivity index (χ1v) is 12.7. The van der Waals surface area contributed by atoms with Gasteiger partial charge >= 0.3 is 0 Å². The van der Waals surface area contributed by atoms with E-state index >= 15 is 0 Å². The number of methoxy groups -OCH3 is 2. The number of thiophene rings is 1. The average molecular weight is 486 g/mol. The highest BCUT2D eigenvalue weighted by atomic mass is 32.2. The Morgan fingerprint density at radius 1 is 1.24 bits per heavy atom. The van der Waals surface area contributed by atoms with Crippen LogP contribution >= 0.6 is 23.1 Å². The molecule has 0 unspecified atom stereocenters. The van der Waals surface area contributed by atoms with Gasteiger partial charge in [-0.05, 0) is 43.4 Å². The van der Waals surface area contributed by atoms with Crippen LogP contribution in [0.5, 0.6) is 11.5 Å². The van der Waals surface area contributed by atoms with Crippen molar-refractivity contribution in [1.29, 1.82) is 0 Å². The molecule has 4 rings (SSSR count). The molecule has 2 aromatic heterocycles. The Labute approximate surface area is 200 Å². The maximum atomic E-state index is 13.4. The number of hydrogen-bond acceptors (Lipinski definition) is 7. The fourth-order valence-corrected chi connectivity index (χ4v) is 6.15. The SMILES string of the molecule is C=CCn1c(SCC(=O)Nc2ccc(OC)c(OC)c2)nc2sc3c(c2c1=O)CCCCC3. The molecule has 0 saturated carbocycles. The molecule has 1 N–H and O–H groups in total. The van der Waals surface area contributed by atoms with Crippen molar-refractivity contribution in [2.45, 2.75) is 43.8 Å². The van der Waals surface area contributed by atoms with E-state index in [1.165, 1.54) is 28.6 Å². The van der Waals surface area contributed by atoms with E-state index in [9.17, 15) is 9.59 Å². The first-order valence-electron chi connectivity index (χ1n) is 10.9. The van der Waals surface area contributed by atoms with Gasteiger partial charge in [0.15, 0.2) is 16.7 Å². The molecule has 9 heteroatoms. The van der Waals surface area contributed by atoms with Crippen LogP contribution < -0.4 is 20.3 Å². The van der Waals surface area contributed by atoms with Crippen LogP contribution in [0.2, 0.25) is 0 Å². The molecule has 0 aliphatic heterocycles. The molecule has 0 saturated heterocycles. The highest BCUT2D eigenvalue weighted by Crippen LogP contribution is 2.34. The lowest BCUT2D eigenvalue weighted by Crippen LogP contribution is -2.24. The minimum atomic E-state index is -0.200. The molecule has 0 bridgehead atoms. The number of rotatable bonds is 8. The number of allylic oxidation sites excluding steroid dienone is 1. The topological polar surface area (TPSA) is 82.5 Å². The summed E-state index contributed by atoms with van der Waals surface area (Å²) < 4.78 is 12.1. The summed E-state index contributed by atoms with van der Waals surface area (Å²) in [7, 11) is 3.11. The van der Waals surface area contributed by atoms with Gasteiger partial charge in [-0.25, -0.2) is 4.98 Å². The van der Waals surface area contributed by atoms with Crippen molar-refractivity contribution in [2.75, 3.05) is 25.3 Å². The molecule has 1 aromatic carbocycles. The monoisotopic (exact) mass is 485 g/mol. The van der Waals surface area contributed by atoms with E-state index in [0.717, 1.165) is 35.9 Å². The Kier molecular flexibility index (Phi) is 7.39. The quantitative estimate of drug-likeness (QED) is 0.216. The molecule has 0 fully saturated rings. The second-order valence-electron chi connectivity index (χ2n) is 7.75. The fraction of sp³-hybridized carbons (Fsp3) is 0.375. The number of fused-ring (bicyclic) bond motifs is 3. The number of aromatic nitrogens is 2. The van der Waals surface area contributed by atoms with Crippen LogP contribution in [-0.2, 0) is 24.2 Å². The fourth-order valence-electron chi connectivity index (χ4n) is 4.04. The van der Waals surface area contributed by atoms with Crippen LogP contribution in [0.25, 0.3) is 10.2 Å². The number of nitrogens with one attached hydrogen (secondary N) is 1. The minimum Gasteiger partial charge on any atom is -0.493 e. The van der Waals surface area contributed by atoms with E-state index in [0.29, 0.717) is 28.9 Å². The van der Waals surface area contributed by atoms with Crippen LogP contribution in [0.4, 0.5) is 5.69 Å². The highest BCUT2D eigenvalue weighted by molar-refractivity contribution is 7.99. The zero-order valence-corrected chi connectivity index (χ0v) is 20.4. The first-order chi connectivity index (χ1) is 16.0. The largest absolute Gasteiger partial charge is 0.493 e.